The van der Waals surface area contributed by atoms with Crippen molar-refractivity contribution in [3.8, 4) is 0 Å². The summed E-state index contributed by atoms with van der Waals surface area (Å²) in [5.41, 5.74) is -4.33. The van der Waals surface area contributed by atoms with Gasteiger partial charge in [0.2, 0.25) is 5.60 Å². The van der Waals surface area contributed by atoms with Crippen LogP contribution in [0.4, 0.5) is 0 Å². The molecular weight excluding hydrogens is 303 g/mol. The van der Waals surface area contributed by atoms with E-state index in [4.69, 9.17) is 9.31 Å². The van der Waals surface area contributed by atoms with Gasteiger partial charge in [0.25, 0.3) is 5.60 Å². The molecule has 0 saturated carbocycles. The van der Waals surface area contributed by atoms with Crippen LogP contribution in [0.3, 0.4) is 0 Å². The Morgan fingerprint density at radius 2 is 1.59 bits per heavy atom. The summed E-state index contributed by atoms with van der Waals surface area (Å²) in [4.78, 5) is 46.7. The molecule has 1 fully saturated rings. The maximum absolute atomic E-state index is 11.7. The molecule has 0 amide bonds. The summed E-state index contributed by atoms with van der Waals surface area (Å²) < 4.78 is 28.0. The van der Waals surface area contributed by atoms with Crippen molar-refractivity contribution in [1.29, 1.82) is 0 Å². The Morgan fingerprint density at radius 1 is 1.09 bits per heavy atom. The number of carbonyl (C=O) groups excluding carboxylic acids is 4. The minimum absolute atomic E-state index is 1.02. The fraction of sp³-hybridized carbons (Fsp3) is 0.636. The predicted octanol–water partition coefficient (Wildman–Crippen LogP) is -1.40. The van der Waals surface area contributed by atoms with Crippen LogP contribution in [0.2, 0.25) is 0 Å². The monoisotopic (exact) mass is 318 g/mol. The van der Waals surface area contributed by atoms with E-state index in [1.807, 2.05) is 0 Å². The van der Waals surface area contributed by atoms with Crippen LogP contribution in [-0.2, 0) is 47.4 Å². The SMILES string of the molecule is COC(=O)C(C)(OB1OC(=O)C(C)(C(=O)OC)O1)C(=O)OC. The molecule has 1 aliphatic heterocycles. The summed E-state index contributed by atoms with van der Waals surface area (Å²) in [5, 5.41) is 0. The molecule has 10 nitrogen and oxygen atoms in total. The first kappa shape index (κ1) is 17.9. The quantitative estimate of drug-likeness (QED) is 0.258. The molecule has 1 atom stereocenters. The molecule has 0 N–H and O–H groups in total. The molecule has 22 heavy (non-hydrogen) atoms. The number of rotatable bonds is 5. The molecule has 1 rings (SSSR count). The van der Waals surface area contributed by atoms with Crippen molar-refractivity contribution in [3.05, 3.63) is 0 Å². The highest BCUT2D eigenvalue weighted by Gasteiger charge is 2.61. The Labute approximate surface area is 126 Å². The molecule has 1 unspecified atom stereocenters. The zero-order valence-corrected chi connectivity index (χ0v) is 12.7. The average molecular weight is 318 g/mol. The third-order valence-electron chi connectivity index (χ3n) is 2.98. The lowest BCUT2D eigenvalue weighted by Gasteiger charge is -2.24. The van der Waals surface area contributed by atoms with Crippen molar-refractivity contribution in [1.82, 2.24) is 0 Å². The van der Waals surface area contributed by atoms with Crippen molar-refractivity contribution in [2.45, 2.75) is 25.0 Å². The minimum Gasteiger partial charge on any atom is -0.482 e. The average Bonchev–Trinajstić information content (AvgIpc) is 2.79. The highest BCUT2D eigenvalue weighted by atomic mass is 16.8. The van der Waals surface area contributed by atoms with Gasteiger partial charge in [-0.15, -0.1) is 0 Å². The van der Waals surface area contributed by atoms with Gasteiger partial charge in [0, 0.05) is 0 Å². The predicted molar refractivity (Wildman–Crippen MR) is 66.9 cm³/mol. The van der Waals surface area contributed by atoms with Gasteiger partial charge < -0.3 is 28.2 Å². The Morgan fingerprint density at radius 3 is 2.00 bits per heavy atom. The molecule has 0 spiro atoms. The number of methoxy groups -OCH3 is 3. The van der Waals surface area contributed by atoms with Crippen LogP contribution in [0.15, 0.2) is 0 Å². The largest absolute Gasteiger partial charge is 0.717 e. The summed E-state index contributed by atoms with van der Waals surface area (Å²) in [6.45, 7) is 2.13. The van der Waals surface area contributed by atoms with Crippen LogP contribution < -0.4 is 0 Å². The van der Waals surface area contributed by atoms with Crippen LogP contribution >= 0.6 is 0 Å². The topological polar surface area (TPSA) is 124 Å². The molecule has 0 aromatic heterocycles. The minimum atomic E-state index is -2.25. The summed E-state index contributed by atoms with van der Waals surface area (Å²) in [5.74, 6) is -4.33. The van der Waals surface area contributed by atoms with Gasteiger partial charge in [-0.2, -0.15) is 0 Å². The maximum atomic E-state index is 11.7. The van der Waals surface area contributed by atoms with Crippen LogP contribution in [0.5, 0.6) is 0 Å². The second kappa shape index (κ2) is 6.32. The number of hydrogen-bond donors (Lipinski definition) is 0. The molecule has 0 aliphatic carbocycles. The smallest absolute Gasteiger partial charge is 0.482 e. The second-order valence-electron chi connectivity index (χ2n) is 4.47. The number of hydrogen-bond acceptors (Lipinski definition) is 10. The molecule has 11 heteroatoms. The first-order valence-electron chi connectivity index (χ1n) is 5.97. The second-order valence-corrected chi connectivity index (χ2v) is 4.47. The molecule has 1 heterocycles. The van der Waals surface area contributed by atoms with Gasteiger partial charge in [-0.1, -0.05) is 0 Å². The molecule has 0 aromatic carbocycles. The van der Waals surface area contributed by atoms with Gasteiger partial charge in [0.1, 0.15) is 0 Å². The van der Waals surface area contributed by atoms with E-state index < -0.39 is 42.4 Å². The Balaban J connectivity index is 2.99. The molecule has 0 radical (unpaired) electrons. The zero-order chi connectivity index (χ0) is 17.1. The van der Waals surface area contributed by atoms with Gasteiger partial charge in [0.15, 0.2) is 0 Å². The van der Waals surface area contributed by atoms with E-state index in [-0.39, 0.29) is 0 Å². The lowest BCUT2D eigenvalue weighted by Crippen LogP contribution is -2.52. The lowest BCUT2D eigenvalue weighted by molar-refractivity contribution is -0.178. The van der Waals surface area contributed by atoms with Crippen LogP contribution in [-0.4, -0.2) is 63.7 Å². The molecule has 122 valence electrons. The Kier molecular flexibility index (Phi) is 5.15. The summed E-state index contributed by atoms with van der Waals surface area (Å²) in [6, 6.07) is 0. The van der Waals surface area contributed by atoms with E-state index in [0.717, 1.165) is 35.2 Å². The lowest BCUT2D eigenvalue weighted by atomic mass is 10.0. The third-order valence-corrected chi connectivity index (χ3v) is 2.98. The van der Waals surface area contributed by atoms with Crippen molar-refractivity contribution in [2.24, 2.45) is 0 Å². The maximum Gasteiger partial charge on any atom is 0.717 e. The van der Waals surface area contributed by atoms with Crippen molar-refractivity contribution < 1.29 is 47.4 Å². The molecule has 0 bridgehead atoms. The fourth-order valence-corrected chi connectivity index (χ4v) is 1.60. The summed E-state index contributed by atoms with van der Waals surface area (Å²) in [6.07, 6.45) is 0. The number of ether oxygens (including phenoxy) is 3. The van der Waals surface area contributed by atoms with Crippen molar-refractivity contribution in [3.63, 3.8) is 0 Å². The van der Waals surface area contributed by atoms with Crippen molar-refractivity contribution in [2.75, 3.05) is 21.3 Å². The van der Waals surface area contributed by atoms with Gasteiger partial charge in [-0.3, -0.25) is 0 Å². The van der Waals surface area contributed by atoms with E-state index >= 15 is 0 Å². The van der Waals surface area contributed by atoms with Crippen LogP contribution in [0, 0.1) is 0 Å². The highest BCUT2D eigenvalue weighted by molar-refractivity contribution is 6.45. The zero-order valence-electron chi connectivity index (χ0n) is 12.7. The standard InChI is InChI=1S/C11H15BO10/c1-10(6(13)17-3,7(14)18-4)21-12-20-9(16)11(2,22-12)8(15)19-5/h1-5H3. The molecule has 0 aromatic rings. The van der Waals surface area contributed by atoms with Crippen molar-refractivity contribution >= 4 is 31.2 Å². The molecule has 1 saturated heterocycles. The highest BCUT2D eigenvalue weighted by Crippen LogP contribution is 2.28. The summed E-state index contributed by atoms with van der Waals surface area (Å²) in [7, 11) is 1.28. The van der Waals surface area contributed by atoms with Crippen LogP contribution in [0.1, 0.15) is 13.8 Å². The van der Waals surface area contributed by atoms with Gasteiger partial charge in [-0.25, -0.2) is 19.2 Å². The Bertz CT molecular complexity index is 487. The van der Waals surface area contributed by atoms with E-state index in [1.54, 1.807) is 0 Å². The number of esters is 3. The number of carbonyl (C=O) groups is 4. The molecular formula is C11H15BO10. The van der Waals surface area contributed by atoms with E-state index in [2.05, 4.69) is 18.9 Å². The van der Waals surface area contributed by atoms with E-state index in [1.165, 1.54) is 0 Å². The summed E-state index contributed by atoms with van der Waals surface area (Å²) >= 11 is 0. The van der Waals surface area contributed by atoms with Gasteiger partial charge in [-0.05, 0) is 13.8 Å². The van der Waals surface area contributed by atoms with Gasteiger partial charge >= 0.3 is 31.2 Å². The van der Waals surface area contributed by atoms with E-state index in [0.29, 0.717) is 0 Å². The fourth-order valence-electron chi connectivity index (χ4n) is 1.60. The first-order valence-corrected chi connectivity index (χ1v) is 5.97. The van der Waals surface area contributed by atoms with Crippen LogP contribution in [0.25, 0.3) is 0 Å². The normalized spacial score (nSPS) is 21.1. The first-order chi connectivity index (χ1) is 10.2. The molecule has 1 aliphatic rings. The third kappa shape index (κ3) is 2.90. The van der Waals surface area contributed by atoms with Gasteiger partial charge in [0.05, 0.1) is 21.3 Å². The van der Waals surface area contributed by atoms with E-state index in [9.17, 15) is 19.2 Å². The Hall–Kier alpha value is -2.14.